The third-order valence-corrected chi connectivity index (χ3v) is 3.61. The number of nitrogens with zero attached hydrogens (tertiary/aromatic N) is 1. The van der Waals surface area contributed by atoms with Crippen LogP contribution in [-0.2, 0) is 0 Å². The largest absolute Gasteiger partial charge is 0.398 e. The van der Waals surface area contributed by atoms with E-state index in [0.29, 0.717) is 5.56 Å². The van der Waals surface area contributed by atoms with Crippen LogP contribution in [0.5, 0.6) is 0 Å². The van der Waals surface area contributed by atoms with Gasteiger partial charge in [0.05, 0.1) is 6.04 Å². The fraction of sp³-hybridized carbons (Fsp3) is 0.250. The van der Waals surface area contributed by atoms with Gasteiger partial charge in [0, 0.05) is 24.0 Å². The smallest absolute Gasteiger partial charge is 0.128 e. The number of nitrogens with two attached hydrogens (primary N) is 1. The predicted molar refractivity (Wildman–Crippen MR) is 78.8 cm³/mol. The number of benzene rings is 2. The summed E-state index contributed by atoms with van der Waals surface area (Å²) < 4.78 is 13.8. The molecule has 0 saturated carbocycles. The van der Waals surface area contributed by atoms with E-state index in [2.05, 4.69) is 0 Å². The van der Waals surface area contributed by atoms with Gasteiger partial charge < -0.3 is 10.6 Å². The maximum absolute atomic E-state index is 13.8. The molecule has 0 fully saturated rings. The van der Waals surface area contributed by atoms with Crippen LogP contribution in [0.1, 0.15) is 24.1 Å². The fourth-order valence-corrected chi connectivity index (χ4v) is 2.09. The zero-order chi connectivity index (χ0) is 14.0. The highest BCUT2D eigenvalue weighted by Crippen LogP contribution is 2.28. The standard InChI is InChI=1S/C16H19FN2/c1-11-8-9-13(10-16(11)18)19(3)12(2)14-6-4-5-7-15(14)17/h4-10,12H,18H2,1-3H3. The molecule has 19 heavy (non-hydrogen) atoms. The monoisotopic (exact) mass is 258 g/mol. The molecule has 0 heterocycles. The molecule has 3 heteroatoms. The summed E-state index contributed by atoms with van der Waals surface area (Å²) in [7, 11) is 1.95. The van der Waals surface area contributed by atoms with E-state index in [1.807, 2.05) is 56.1 Å². The van der Waals surface area contributed by atoms with Gasteiger partial charge in [-0.2, -0.15) is 0 Å². The van der Waals surface area contributed by atoms with Crippen LogP contribution in [0, 0.1) is 12.7 Å². The minimum atomic E-state index is -0.179. The lowest BCUT2D eigenvalue weighted by molar-refractivity contribution is 0.585. The summed E-state index contributed by atoms with van der Waals surface area (Å²) >= 11 is 0. The molecule has 0 aromatic heterocycles. The number of hydrogen-bond acceptors (Lipinski definition) is 2. The number of anilines is 2. The maximum atomic E-state index is 13.8. The number of halogens is 1. The van der Waals surface area contributed by atoms with Gasteiger partial charge in [-0.3, -0.25) is 0 Å². The Morgan fingerprint density at radius 3 is 2.47 bits per heavy atom. The lowest BCUT2D eigenvalue weighted by Crippen LogP contribution is -2.22. The molecule has 2 N–H and O–H groups in total. The Morgan fingerprint density at radius 1 is 1.16 bits per heavy atom. The van der Waals surface area contributed by atoms with E-state index >= 15 is 0 Å². The Bertz CT molecular complexity index is 581. The van der Waals surface area contributed by atoms with Gasteiger partial charge in [0.15, 0.2) is 0 Å². The lowest BCUT2D eigenvalue weighted by Gasteiger charge is -2.28. The van der Waals surface area contributed by atoms with Gasteiger partial charge in [-0.1, -0.05) is 24.3 Å². The summed E-state index contributed by atoms with van der Waals surface area (Å²) in [5.74, 6) is -0.179. The zero-order valence-corrected chi connectivity index (χ0v) is 11.5. The number of rotatable bonds is 3. The highest BCUT2D eigenvalue weighted by molar-refractivity contribution is 5.60. The van der Waals surface area contributed by atoms with Crippen LogP contribution < -0.4 is 10.6 Å². The van der Waals surface area contributed by atoms with Crippen LogP contribution in [0.2, 0.25) is 0 Å². The average Bonchev–Trinajstić information content (AvgIpc) is 2.41. The van der Waals surface area contributed by atoms with Crippen molar-refractivity contribution in [2.45, 2.75) is 19.9 Å². The molecule has 100 valence electrons. The van der Waals surface area contributed by atoms with E-state index in [-0.39, 0.29) is 11.9 Å². The molecule has 2 aromatic rings. The predicted octanol–water partition coefficient (Wildman–Crippen LogP) is 3.91. The van der Waals surface area contributed by atoms with Crippen molar-refractivity contribution in [2.24, 2.45) is 0 Å². The zero-order valence-electron chi connectivity index (χ0n) is 11.5. The molecule has 0 spiro atoms. The fourth-order valence-electron chi connectivity index (χ4n) is 2.09. The van der Waals surface area contributed by atoms with Crippen molar-refractivity contribution in [1.82, 2.24) is 0 Å². The van der Waals surface area contributed by atoms with E-state index in [1.54, 1.807) is 6.07 Å². The van der Waals surface area contributed by atoms with Crippen molar-refractivity contribution in [3.63, 3.8) is 0 Å². The summed E-state index contributed by atoms with van der Waals surface area (Å²) in [5.41, 5.74) is 9.40. The van der Waals surface area contributed by atoms with Crippen LogP contribution in [0.15, 0.2) is 42.5 Å². The Morgan fingerprint density at radius 2 is 1.84 bits per heavy atom. The van der Waals surface area contributed by atoms with Gasteiger partial charge in [0.25, 0.3) is 0 Å². The number of hydrogen-bond donors (Lipinski definition) is 1. The molecule has 0 bridgehead atoms. The first-order valence-corrected chi connectivity index (χ1v) is 6.34. The van der Waals surface area contributed by atoms with Gasteiger partial charge in [-0.05, 0) is 37.6 Å². The average molecular weight is 258 g/mol. The summed E-state index contributed by atoms with van der Waals surface area (Å²) in [4.78, 5) is 2.02. The molecule has 0 aliphatic rings. The van der Waals surface area contributed by atoms with Crippen molar-refractivity contribution in [3.8, 4) is 0 Å². The minimum absolute atomic E-state index is 0.0525. The van der Waals surface area contributed by atoms with Crippen LogP contribution in [0.3, 0.4) is 0 Å². The molecule has 0 radical (unpaired) electrons. The quantitative estimate of drug-likeness (QED) is 0.846. The second-order valence-corrected chi connectivity index (χ2v) is 4.85. The molecule has 2 rings (SSSR count). The second-order valence-electron chi connectivity index (χ2n) is 4.85. The summed E-state index contributed by atoms with van der Waals surface area (Å²) in [6, 6.07) is 12.7. The third kappa shape index (κ3) is 2.70. The van der Waals surface area contributed by atoms with Gasteiger partial charge in [-0.25, -0.2) is 4.39 Å². The molecule has 1 atom stereocenters. The van der Waals surface area contributed by atoms with Gasteiger partial charge in [-0.15, -0.1) is 0 Å². The first-order chi connectivity index (χ1) is 9.00. The molecular formula is C16H19FN2. The van der Waals surface area contributed by atoms with Crippen LogP contribution in [0.4, 0.5) is 15.8 Å². The van der Waals surface area contributed by atoms with E-state index in [9.17, 15) is 4.39 Å². The normalized spacial score (nSPS) is 12.2. The van der Waals surface area contributed by atoms with Crippen molar-refractivity contribution < 1.29 is 4.39 Å². The van der Waals surface area contributed by atoms with E-state index in [1.165, 1.54) is 6.07 Å². The molecule has 2 nitrogen and oxygen atoms in total. The first kappa shape index (κ1) is 13.4. The molecule has 0 amide bonds. The van der Waals surface area contributed by atoms with Crippen LogP contribution in [-0.4, -0.2) is 7.05 Å². The van der Waals surface area contributed by atoms with Crippen molar-refractivity contribution in [3.05, 3.63) is 59.4 Å². The molecule has 0 saturated heterocycles. The van der Waals surface area contributed by atoms with Crippen LogP contribution in [0.25, 0.3) is 0 Å². The van der Waals surface area contributed by atoms with Crippen LogP contribution >= 0.6 is 0 Å². The summed E-state index contributed by atoms with van der Waals surface area (Å²) in [5, 5.41) is 0. The Kier molecular flexibility index (Phi) is 3.74. The topological polar surface area (TPSA) is 29.3 Å². The molecule has 1 unspecified atom stereocenters. The van der Waals surface area contributed by atoms with E-state index < -0.39 is 0 Å². The summed E-state index contributed by atoms with van der Waals surface area (Å²) in [6.07, 6.45) is 0. The molecular weight excluding hydrogens is 239 g/mol. The van der Waals surface area contributed by atoms with E-state index in [4.69, 9.17) is 5.73 Å². The Balaban J connectivity index is 2.31. The van der Waals surface area contributed by atoms with Crippen molar-refractivity contribution in [2.75, 3.05) is 17.7 Å². The highest BCUT2D eigenvalue weighted by Gasteiger charge is 2.16. The highest BCUT2D eigenvalue weighted by atomic mass is 19.1. The van der Waals surface area contributed by atoms with Gasteiger partial charge in [0.1, 0.15) is 5.82 Å². The summed E-state index contributed by atoms with van der Waals surface area (Å²) in [6.45, 7) is 3.95. The molecule has 2 aromatic carbocycles. The Hall–Kier alpha value is -2.03. The third-order valence-electron chi connectivity index (χ3n) is 3.61. The SMILES string of the molecule is Cc1ccc(N(C)C(C)c2ccccc2F)cc1N. The second kappa shape index (κ2) is 5.31. The first-order valence-electron chi connectivity index (χ1n) is 6.34. The van der Waals surface area contributed by atoms with E-state index in [0.717, 1.165) is 16.9 Å². The maximum Gasteiger partial charge on any atom is 0.128 e. The number of aryl methyl sites for hydroxylation is 1. The van der Waals surface area contributed by atoms with Crippen molar-refractivity contribution >= 4 is 11.4 Å². The van der Waals surface area contributed by atoms with Crippen molar-refractivity contribution in [1.29, 1.82) is 0 Å². The lowest BCUT2D eigenvalue weighted by atomic mass is 10.1. The molecule has 0 aliphatic heterocycles. The Labute approximate surface area is 113 Å². The number of nitrogen functional groups attached to an aromatic ring is 1. The van der Waals surface area contributed by atoms with Gasteiger partial charge in [0.2, 0.25) is 0 Å². The molecule has 0 aliphatic carbocycles. The minimum Gasteiger partial charge on any atom is -0.398 e. The van der Waals surface area contributed by atoms with Gasteiger partial charge >= 0.3 is 0 Å².